The summed E-state index contributed by atoms with van der Waals surface area (Å²) in [5.41, 5.74) is 1.25. The fourth-order valence-corrected chi connectivity index (χ4v) is 2.44. The van der Waals surface area contributed by atoms with Gasteiger partial charge in [0.2, 0.25) is 6.79 Å². The molecule has 1 aliphatic heterocycles. The Bertz CT molecular complexity index is 819. The molecule has 0 saturated carbocycles. The Balaban J connectivity index is 1.57. The summed E-state index contributed by atoms with van der Waals surface area (Å²) >= 11 is 0. The number of ether oxygens (including phenoxy) is 3. The Morgan fingerprint density at radius 3 is 2.65 bits per heavy atom. The first-order chi connectivity index (χ1) is 12.5. The minimum absolute atomic E-state index is 0.0150. The first-order valence-electron chi connectivity index (χ1n) is 8.26. The molecular formula is C19H20N2O5. The van der Waals surface area contributed by atoms with Crippen LogP contribution in [0.1, 0.15) is 19.4 Å². The van der Waals surface area contributed by atoms with Crippen molar-refractivity contribution in [2.75, 3.05) is 12.1 Å². The van der Waals surface area contributed by atoms with Gasteiger partial charge in [0.15, 0.2) is 11.5 Å². The van der Waals surface area contributed by atoms with Gasteiger partial charge < -0.3 is 24.8 Å². The molecule has 2 aromatic rings. The molecule has 3 rings (SSSR count). The van der Waals surface area contributed by atoms with Gasteiger partial charge in [-0.15, -0.1) is 0 Å². The molecule has 0 fully saturated rings. The maximum atomic E-state index is 12.1. The Hall–Kier alpha value is -3.22. The quantitative estimate of drug-likeness (QED) is 0.804. The molecule has 0 unspecified atom stereocenters. The lowest BCUT2D eigenvalue weighted by molar-refractivity contribution is -0.136. The van der Waals surface area contributed by atoms with E-state index in [0.29, 0.717) is 22.9 Å². The molecule has 0 aliphatic carbocycles. The highest BCUT2D eigenvalue weighted by molar-refractivity contribution is 6.39. The Morgan fingerprint density at radius 1 is 1.08 bits per heavy atom. The van der Waals surface area contributed by atoms with Crippen molar-refractivity contribution >= 4 is 17.5 Å². The van der Waals surface area contributed by atoms with E-state index in [1.807, 2.05) is 38.1 Å². The summed E-state index contributed by atoms with van der Waals surface area (Å²) in [6.45, 7) is 4.18. The molecule has 2 aromatic carbocycles. The molecule has 0 atom stereocenters. The van der Waals surface area contributed by atoms with Crippen LogP contribution in [0.3, 0.4) is 0 Å². The Kier molecular flexibility index (Phi) is 5.26. The molecule has 0 radical (unpaired) electrons. The zero-order chi connectivity index (χ0) is 18.5. The number of benzene rings is 2. The van der Waals surface area contributed by atoms with Gasteiger partial charge in [-0.3, -0.25) is 9.59 Å². The van der Waals surface area contributed by atoms with Crippen molar-refractivity contribution in [2.45, 2.75) is 26.5 Å². The van der Waals surface area contributed by atoms with Gasteiger partial charge in [-0.1, -0.05) is 18.2 Å². The molecule has 2 amide bonds. The van der Waals surface area contributed by atoms with E-state index in [9.17, 15) is 9.59 Å². The van der Waals surface area contributed by atoms with Crippen LogP contribution in [0.15, 0.2) is 42.5 Å². The smallest absolute Gasteiger partial charge is 0.313 e. The SMILES string of the molecule is CC(C)Oc1ccccc1CNC(=O)C(=O)Nc1ccc2c(c1)OCO2. The van der Waals surface area contributed by atoms with Crippen molar-refractivity contribution in [3.63, 3.8) is 0 Å². The third-order valence-corrected chi connectivity index (χ3v) is 3.61. The molecule has 0 spiro atoms. The Labute approximate surface area is 151 Å². The average molecular weight is 356 g/mol. The zero-order valence-corrected chi connectivity index (χ0v) is 14.6. The standard InChI is InChI=1S/C19H20N2O5/c1-12(2)26-15-6-4-3-5-13(15)10-20-18(22)19(23)21-14-7-8-16-17(9-14)25-11-24-16/h3-9,12H,10-11H2,1-2H3,(H,20,22)(H,21,23). The molecule has 0 aromatic heterocycles. The van der Waals surface area contributed by atoms with E-state index in [2.05, 4.69) is 10.6 Å². The first kappa shape index (κ1) is 17.6. The number of carbonyl (C=O) groups excluding carboxylic acids is 2. The summed E-state index contributed by atoms with van der Waals surface area (Å²) in [4.78, 5) is 24.1. The van der Waals surface area contributed by atoms with Crippen molar-refractivity contribution in [3.05, 3.63) is 48.0 Å². The monoisotopic (exact) mass is 356 g/mol. The van der Waals surface area contributed by atoms with Crippen LogP contribution < -0.4 is 24.8 Å². The molecule has 136 valence electrons. The van der Waals surface area contributed by atoms with E-state index >= 15 is 0 Å². The topological polar surface area (TPSA) is 85.9 Å². The van der Waals surface area contributed by atoms with Gasteiger partial charge in [0.25, 0.3) is 0 Å². The lowest BCUT2D eigenvalue weighted by Crippen LogP contribution is -2.35. The number of para-hydroxylation sites is 1. The lowest BCUT2D eigenvalue weighted by Gasteiger charge is -2.14. The van der Waals surface area contributed by atoms with Gasteiger partial charge in [-0.25, -0.2) is 0 Å². The van der Waals surface area contributed by atoms with Crippen LogP contribution in [0.25, 0.3) is 0 Å². The fourth-order valence-electron chi connectivity index (χ4n) is 2.44. The van der Waals surface area contributed by atoms with E-state index in [-0.39, 0.29) is 19.4 Å². The Morgan fingerprint density at radius 2 is 1.85 bits per heavy atom. The number of fused-ring (bicyclic) bond motifs is 1. The number of hydrogen-bond acceptors (Lipinski definition) is 5. The van der Waals surface area contributed by atoms with Gasteiger partial charge in [-0.05, 0) is 32.0 Å². The molecule has 1 heterocycles. The van der Waals surface area contributed by atoms with E-state index < -0.39 is 11.8 Å². The molecule has 0 bridgehead atoms. The van der Waals surface area contributed by atoms with E-state index in [4.69, 9.17) is 14.2 Å². The summed E-state index contributed by atoms with van der Waals surface area (Å²) in [6.07, 6.45) is 0.0150. The minimum atomic E-state index is -0.758. The number of hydrogen-bond donors (Lipinski definition) is 2. The molecule has 26 heavy (non-hydrogen) atoms. The van der Waals surface area contributed by atoms with E-state index in [1.54, 1.807) is 18.2 Å². The molecule has 7 heteroatoms. The predicted molar refractivity (Wildman–Crippen MR) is 95.2 cm³/mol. The van der Waals surface area contributed by atoms with Crippen LogP contribution in [-0.4, -0.2) is 24.7 Å². The van der Waals surface area contributed by atoms with Crippen molar-refractivity contribution in [3.8, 4) is 17.2 Å². The normalized spacial score (nSPS) is 12.0. The largest absolute Gasteiger partial charge is 0.491 e. The van der Waals surface area contributed by atoms with Gasteiger partial charge in [0, 0.05) is 23.9 Å². The minimum Gasteiger partial charge on any atom is -0.491 e. The maximum Gasteiger partial charge on any atom is 0.313 e. The lowest BCUT2D eigenvalue weighted by atomic mass is 10.2. The molecule has 2 N–H and O–H groups in total. The fraction of sp³-hybridized carbons (Fsp3) is 0.263. The van der Waals surface area contributed by atoms with Gasteiger partial charge in [-0.2, -0.15) is 0 Å². The van der Waals surface area contributed by atoms with Crippen LogP contribution in [0.4, 0.5) is 5.69 Å². The second kappa shape index (κ2) is 7.77. The summed E-state index contributed by atoms with van der Waals surface area (Å²) in [5.74, 6) is 0.323. The van der Waals surface area contributed by atoms with Gasteiger partial charge in [0.1, 0.15) is 5.75 Å². The van der Waals surface area contributed by atoms with Crippen molar-refractivity contribution in [1.29, 1.82) is 0 Å². The highest BCUT2D eigenvalue weighted by Gasteiger charge is 2.17. The number of anilines is 1. The second-order valence-corrected chi connectivity index (χ2v) is 5.98. The van der Waals surface area contributed by atoms with Gasteiger partial charge >= 0.3 is 11.8 Å². The summed E-state index contributed by atoms with van der Waals surface area (Å²) in [6, 6.07) is 12.3. The van der Waals surface area contributed by atoms with Crippen LogP contribution in [0.2, 0.25) is 0 Å². The third-order valence-electron chi connectivity index (χ3n) is 3.61. The highest BCUT2D eigenvalue weighted by atomic mass is 16.7. The molecule has 0 saturated heterocycles. The van der Waals surface area contributed by atoms with E-state index in [0.717, 1.165) is 5.56 Å². The van der Waals surface area contributed by atoms with Crippen molar-refractivity contribution in [1.82, 2.24) is 5.32 Å². The molecular weight excluding hydrogens is 336 g/mol. The van der Waals surface area contributed by atoms with Crippen molar-refractivity contribution in [2.24, 2.45) is 0 Å². The maximum absolute atomic E-state index is 12.1. The van der Waals surface area contributed by atoms with Crippen LogP contribution in [-0.2, 0) is 16.1 Å². The zero-order valence-electron chi connectivity index (χ0n) is 14.6. The van der Waals surface area contributed by atoms with Crippen molar-refractivity contribution < 1.29 is 23.8 Å². The molecule has 1 aliphatic rings. The van der Waals surface area contributed by atoms with Crippen LogP contribution >= 0.6 is 0 Å². The molecule has 7 nitrogen and oxygen atoms in total. The summed E-state index contributed by atoms with van der Waals surface area (Å²) in [7, 11) is 0. The second-order valence-electron chi connectivity index (χ2n) is 5.98. The predicted octanol–water partition coefficient (Wildman–Crippen LogP) is 2.46. The van der Waals surface area contributed by atoms with E-state index in [1.165, 1.54) is 0 Å². The summed E-state index contributed by atoms with van der Waals surface area (Å²) < 4.78 is 16.1. The van der Waals surface area contributed by atoms with Crippen LogP contribution in [0.5, 0.6) is 17.2 Å². The van der Waals surface area contributed by atoms with Crippen LogP contribution in [0, 0.1) is 0 Å². The number of carbonyl (C=O) groups is 2. The highest BCUT2D eigenvalue weighted by Crippen LogP contribution is 2.34. The summed E-state index contributed by atoms with van der Waals surface area (Å²) in [5, 5.41) is 5.13. The average Bonchev–Trinajstić information content (AvgIpc) is 3.08. The number of rotatable bonds is 5. The third kappa shape index (κ3) is 4.24. The first-order valence-corrected chi connectivity index (χ1v) is 8.26. The van der Waals surface area contributed by atoms with Gasteiger partial charge in [0.05, 0.1) is 6.10 Å². The number of amides is 2. The number of nitrogens with one attached hydrogen (secondary N) is 2.